The Labute approximate surface area is 139 Å². The number of aryl methyl sites for hydroxylation is 2. The van der Waals surface area contributed by atoms with Crippen LogP contribution in [-0.4, -0.2) is 25.2 Å². The van der Waals surface area contributed by atoms with Crippen molar-refractivity contribution in [1.29, 1.82) is 0 Å². The minimum atomic E-state index is -0.126. The van der Waals surface area contributed by atoms with E-state index in [1.165, 1.54) is 4.88 Å². The molecule has 0 fully saturated rings. The average Bonchev–Trinajstić information content (AvgIpc) is 2.76. The van der Waals surface area contributed by atoms with Crippen LogP contribution in [0.2, 0.25) is 10.0 Å². The number of nitrogens with zero attached hydrogens (tertiary/aromatic N) is 1. The Balaban J connectivity index is 2.40. The first-order chi connectivity index (χ1) is 10.0. The summed E-state index contributed by atoms with van der Waals surface area (Å²) in [6.07, 6.45) is 0. The van der Waals surface area contributed by atoms with Gasteiger partial charge < -0.3 is 10.1 Å². The molecule has 3 nitrogen and oxygen atoms in total. The van der Waals surface area contributed by atoms with Crippen molar-refractivity contribution < 1.29 is 4.74 Å². The van der Waals surface area contributed by atoms with Gasteiger partial charge in [0.05, 0.1) is 18.3 Å². The predicted octanol–water partition coefficient (Wildman–Crippen LogP) is 4.39. The molecule has 0 saturated carbocycles. The lowest BCUT2D eigenvalue weighted by molar-refractivity contribution is 0.197. The zero-order valence-corrected chi connectivity index (χ0v) is 14.6. The Morgan fingerprint density at radius 3 is 2.48 bits per heavy atom. The molecule has 1 N–H and O–H groups in total. The molecular weight excluding hydrogens is 327 g/mol. The highest BCUT2D eigenvalue weighted by molar-refractivity contribution is 7.11. The predicted molar refractivity (Wildman–Crippen MR) is 89.8 cm³/mol. The van der Waals surface area contributed by atoms with Crippen LogP contribution in [0.5, 0.6) is 0 Å². The third kappa shape index (κ3) is 3.96. The van der Waals surface area contributed by atoms with Gasteiger partial charge in [-0.15, -0.1) is 11.3 Å². The van der Waals surface area contributed by atoms with Gasteiger partial charge in [0, 0.05) is 34.1 Å². The third-order valence-electron chi connectivity index (χ3n) is 3.24. The normalized spacial score (nSPS) is 12.6. The molecule has 1 unspecified atom stereocenters. The SMILES string of the molecule is COCCNC(c1nc(C)c(C)s1)c1c(Cl)cccc1Cl. The number of nitrogens with one attached hydrogen (secondary N) is 1. The van der Waals surface area contributed by atoms with Crippen molar-refractivity contribution >= 4 is 34.5 Å². The number of ether oxygens (including phenoxy) is 1. The fraction of sp³-hybridized carbons (Fsp3) is 0.400. The average molecular weight is 345 g/mol. The molecule has 0 radical (unpaired) electrons. The molecule has 0 aliphatic rings. The summed E-state index contributed by atoms with van der Waals surface area (Å²) in [6.45, 7) is 5.38. The lowest BCUT2D eigenvalue weighted by Crippen LogP contribution is -2.26. The third-order valence-corrected chi connectivity index (χ3v) is 5.03. The molecule has 114 valence electrons. The first-order valence-corrected chi connectivity index (χ1v) is 8.22. The second-order valence-electron chi connectivity index (χ2n) is 4.71. The first-order valence-electron chi connectivity index (χ1n) is 6.64. The molecule has 1 aromatic heterocycles. The van der Waals surface area contributed by atoms with Crippen LogP contribution in [0.4, 0.5) is 0 Å². The minimum absolute atomic E-state index is 0.126. The Kier molecular flexibility index (Phi) is 6.02. The zero-order valence-electron chi connectivity index (χ0n) is 12.2. The number of thiazole rings is 1. The van der Waals surface area contributed by atoms with Gasteiger partial charge in [-0.1, -0.05) is 29.3 Å². The standard InChI is InChI=1S/C15H18Cl2N2OS/c1-9-10(2)21-15(19-9)14(18-7-8-20-3)13-11(16)5-4-6-12(13)17/h4-6,14,18H,7-8H2,1-3H3. The Morgan fingerprint density at radius 1 is 1.29 bits per heavy atom. The van der Waals surface area contributed by atoms with Crippen LogP contribution < -0.4 is 5.32 Å². The molecule has 0 amide bonds. The number of methoxy groups -OCH3 is 1. The quantitative estimate of drug-likeness (QED) is 0.789. The van der Waals surface area contributed by atoms with Crippen LogP contribution >= 0.6 is 34.5 Å². The van der Waals surface area contributed by atoms with Gasteiger partial charge in [-0.2, -0.15) is 0 Å². The summed E-state index contributed by atoms with van der Waals surface area (Å²) in [6, 6.07) is 5.42. The van der Waals surface area contributed by atoms with Crippen molar-refractivity contribution in [2.24, 2.45) is 0 Å². The largest absolute Gasteiger partial charge is 0.383 e. The molecule has 0 spiro atoms. The van der Waals surface area contributed by atoms with Crippen molar-refractivity contribution in [2.75, 3.05) is 20.3 Å². The van der Waals surface area contributed by atoms with Crippen LogP contribution in [0.3, 0.4) is 0 Å². The second kappa shape index (κ2) is 7.56. The summed E-state index contributed by atoms with van der Waals surface area (Å²) >= 11 is 14.4. The molecule has 1 aromatic carbocycles. The van der Waals surface area contributed by atoms with E-state index in [-0.39, 0.29) is 6.04 Å². The van der Waals surface area contributed by atoms with Gasteiger partial charge in [0.15, 0.2) is 0 Å². The van der Waals surface area contributed by atoms with Gasteiger partial charge in [-0.05, 0) is 26.0 Å². The molecule has 21 heavy (non-hydrogen) atoms. The fourth-order valence-electron chi connectivity index (χ4n) is 2.03. The van der Waals surface area contributed by atoms with E-state index in [1.807, 2.05) is 25.1 Å². The number of hydrogen-bond donors (Lipinski definition) is 1. The maximum atomic E-state index is 6.35. The number of hydrogen-bond acceptors (Lipinski definition) is 4. The summed E-state index contributed by atoms with van der Waals surface area (Å²) in [7, 11) is 1.68. The van der Waals surface area contributed by atoms with Gasteiger partial charge in [0.1, 0.15) is 5.01 Å². The van der Waals surface area contributed by atoms with E-state index < -0.39 is 0 Å². The maximum absolute atomic E-state index is 6.35. The highest BCUT2D eigenvalue weighted by Gasteiger charge is 2.23. The number of rotatable bonds is 6. The van der Waals surface area contributed by atoms with Crippen molar-refractivity contribution in [3.8, 4) is 0 Å². The van der Waals surface area contributed by atoms with Gasteiger partial charge in [-0.3, -0.25) is 0 Å². The van der Waals surface area contributed by atoms with E-state index in [2.05, 4.69) is 17.2 Å². The number of benzene rings is 1. The molecule has 1 atom stereocenters. The van der Waals surface area contributed by atoms with Gasteiger partial charge in [0.25, 0.3) is 0 Å². The van der Waals surface area contributed by atoms with E-state index in [0.29, 0.717) is 23.2 Å². The van der Waals surface area contributed by atoms with Gasteiger partial charge in [-0.25, -0.2) is 4.98 Å². The molecule has 0 bridgehead atoms. The molecule has 6 heteroatoms. The molecule has 0 saturated heterocycles. The van der Waals surface area contributed by atoms with E-state index in [0.717, 1.165) is 16.3 Å². The summed E-state index contributed by atoms with van der Waals surface area (Å²) in [5.41, 5.74) is 1.91. The molecule has 0 aliphatic carbocycles. The summed E-state index contributed by atoms with van der Waals surface area (Å²) in [4.78, 5) is 5.85. The van der Waals surface area contributed by atoms with E-state index in [9.17, 15) is 0 Å². The molecule has 2 rings (SSSR count). The summed E-state index contributed by atoms with van der Waals surface area (Å²) in [5.74, 6) is 0. The van der Waals surface area contributed by atoms with Gasteiger partial charge >= 0.3 is 0 Å². The van der Waals surface area contributed by atoms with Crippen LogP contribution in [0.1, 0.15) is 27.2 Å². The smallest absolute Gasteiger partial charge is 0.115 e. The fourth-order valence-corrected chi connectivity index (χ4v) is 3.65. The monoisotopic (exact) mass is 344 g/mol. The molecule has 2 aromatic rings. The summed E-state index contributed by atoms with van der Waals surface area (Å²) < 4.78 is 5.11. The van der Waals surface area contributed by atoms with E-state index >= 15 is 0 Å². The lowest BCUT2D eigenvalue weighted by Gasteiger charge is -2.19. The Morgan fingerprint density at radius 2 is 1.95 bits per heavy atom. The minimum Gasteiger partial charge on any atom is -0.383 e. The molecular formula is C15H18Cl2N2OS. The summed E-state index contributed by atoms with van der Waals surface area (Å²) in [5, 5.41) is 5.68. The molecule has 0 aliphatic heterocycles. The zero-order chi connectivity index (χ0) is 15.4. The van der Waals surface area contributed by atoms with Crippen LogP contribution in [0.25, 0.3) is 0 Å². The van der Waals surface area contributed by atoms with Crippen LogP contribution in [-0.2, 0) is 4.74 Å². The van der Waals surface area contributed by atoms with Crippen molar-refractivity contribution in [3.05, 3.63) is 49.4 Å². The maximum Gasteiger partial charge on any atom is 0.115 e. The Hall–Kier alpha value is -0.650. The van der Waals surface area contributed by atoms with E-state index in [1.54, 1.807) is 18.4 Å². The Bertz CT molecular complexity index is 576. The highest BCUT2D eigenvalue weighted by atomic mass is 35.5. The van der Waals surface area contributed by atoms with Crippen molar-refractivity contribution in [2.45, 2.75) is 19.9 Å². The lowest BCUT2D eigenvalue weighted by atomic mass is 10.1. The number of halogens is 2. The molecule has 1 heterocycles. The first kappa shape index (κ1) is 16.7. The van der Waals surface area contributed by atoms with E-state index in [4.69, 9.17) is 27.9 Å². The van der Waals surface area contributed by atoms with Crippen molar-refractivity contribution in [1.82, 2.24) is 10.3 Å². The van der Waals surface area contributed by atoms with Crippen molar-refractivity contribution in [3.63, 3.8) is 0 Å². The second-order valence-corrected chi connectivity index (χ2v) is 6.76. The highest BCUT2D eigenvalue weighted by Crippen LogP contribution is 2.36. The topological polar surface area (TPSA) is 34.1 Å². The number of aromatic nitrogens is 1. The van der Waals surface area contributed by atoms with Gasteiger partial charge in [0.2, 0.25) is 0 Å². The van der Waals surface area contributed by atoms with Crippen LogP contribution in [0, 0.1) is 13.8 Å². The van der Waals surface area contributed by atoms with Crippen LogP contribution in [0.15, 0.2) is 18.2 Å².